The zero-order chi connectivity index (χ0) is 14.7. The van der Waals surface area contributed by atoms with E-state index in [0.717, 1.165) is 0 Å². The molecule has 1 amide bonds. The molecule has 0 aliphatic carbocycles. The highest BCUT2D eigenvalue weighted by molar-refractivity contribution is 5.96. The van der Waals surface area contributed by atoms with E-state index in [-0.39, 0.29) is 30.5 Å². The maximum absolute atomic E-state index is 11.8. The number of hydrogen-bond acceptors (Lipinski definition) is 7. The first-order valence-corrected chi connectivity index (χ1v) is 5.68. The Morgan fingerprint density at radius 3 is 2.75 bits per heavy atom. The zero-order valence-corrected chi connectivity index (χ0v) is 10.6. The second-order valence-electron chi connectivity index (χ2n) is 3.93. The molecule has 1 aromatic rings. The molecule has 20 heavy (non-hydrogen) atoms. The second kappa shape index (κ2) is 5.72. The van der Waals surface area contributed by atoms with Crippen molar-refractivity contribution >= 4 is 17.3 Å². The van der Waals surface area contributed by atoms with Crippen molar-refractivity contribution in [1.82, 2.24) is 0 Å². The topological polar surface area (TPSA) is 126 Å². The number of hydrogen-bond donors (Lipinski definition) is 2. The molecule has 108 valence electrons. The molecule has 0 spiro atoms. The molecule has 9 heteroatoms. The van der Waals surface area contributed by atoms with Gasteiger partial charge in [-0.15, -0.1) is 0 Å². The number of fused-ring (bicyclic) bond motifs is 1. The van der Waals surface area contributed by atoms with E-state index < -0.39 is 16.9 Å². The molecule has 0 radical (unpaired) electrons. The van der Waals surface area contributed by atoms with Gasteiger partial charge in [0, 0.05) is 19.7 Å². The van der Waals surface area contributed by atoms with Crippen molar-refractivity contribution in [2.45, 2.75) is 6.10 Å². The van der Waals surface area contributed by atoms with E-state index in [0.29, 0.717) is 5.75 Å². The van der Waals surface area contributed by atoms with Gasteiger partial charge >= 0.3 is 0 Å². The Bertz CT molecular complexity index is 543. The number of nitrogens with zero attached hydrogens (tertiary/aromatic N) is 1. The van der Waals surface area contributed by atoms with Crippen LogP contribution in [0.25, 0.3) is 0 Å². The van der Waals surface area contributed by atoms with Crippen LogP contribution in [0.3, 0.4) is 0 Å². The number of nitrogens with one attached hydrogen (secondary N) is 1. The monoisotopic (exact) mass is 283 g/mol. The predicted octanol–water partition coefficient (Wildman–Crippen LogP) is 0.236. The van der Waals surface area contributed by atoms with E-state index in [1.165, 1.54) is 19.2 Å². The number of ether oxygens (including phenoxy) is 3. The molecule has 3 N–H and O–H groups in total. The molecule has 1 aliphatic rings. The van der Waals surface area contributed by atoms with E-state index >= 15 is 0 Å². The summed E-state index contributed by atoms with van der Waals surface area (Å²) in [6, 6.07) is 2.53. The zero-order valence-electron chi connectivity index (χ0n) is 10.6. The van der Waals surface area contributed by atoms with E-state index in [1.807, 2.05) is 0 Å². The van der Waals surface area contributed by atoms with Crippen LogP contribution in [0.15, 0.2) is 12.1 Å². The van der Waals surface area contributed by atoms with Gasteiger partial charge in [-0.25, -0.2) is 0 Å². The smallest absolute Gasteiger partial charge is 0.296 e. The summed E-state index contributed by atoms with van der Waals surface area (Å²) in [6.45, 7) is -0.0614. The van der Waals surface area contributed by atoms with E-state index in [9.17, 15) is 14.9 Å². The van der Waals surface area contributed by atoms with Gasteiger partial charge in [0.2, 0.25) is 6.79 Å². The molecule has 1 unspecified atom stereocenters. The lowest BCUT2D eigenvalue weighted by molar-refractivity contribution is -0.384. The summed E-state index contributed by atoms with van der Waals surface area (Å²) in [5.74, 6) is 0.0152. The molecule has 9 nitrogen and oxygen atoms in total. The van der Waals surface area contributed by atoms with Gasteiger partial charge in [-0.05, 0) is 0 Å². The average molecular weight is 283 g/mol. The Kier molecular flexibility index (Phi) is 4.01. The fourth-order valence-electron chi connectivity index (χ4n) is 1.71. The van der Waals surface area contributed by atoms with Gasteiger partial charge in [0.15, 0.2) is 11.5 Å². The number of nitro groups is 1. The van der Waals surface area contributed by atoms with Gasteiger partial charge in [0.1, 0.15) is 11.8 Å². The number of methoxy groups -OCH3 is 1. The normalized spacial score (nSPS) is 13.9. The van der Waals surface area contributed by atoms with Gasteiger partial charge in [-0.1, -0.05) is 0 Å². The highest BCUT2D eigenvalue weighted by Gasteiger charge is 2.26. The average Bonchev–Trinajstić information content (AvgIpc) is 2.86. The maximum atomic E-state index is 11.8. The number of amides is 1. The summed E-state index contributed by atoms with van der Waals surface area (Å²) in [7, 11) is 1.32. The Balaban J connectivity index is 2.31. The van der Waals surface area contributed by atoms with Crippen LogP contribution in [-0.2, 0) is 9.53 Å². The Morgan fingerprint density at radius 2 is 2.20 bits per heavy atom. The fraction of sp³-hybridized carbons (Fsp3) is 0.364. The molecule has 1 atom stereocenters. The number of carbonyl (C=O) groups is 1. The minimum Gasteiger partial charge on any atom is -0.454 e. The summed E-state index contributed by atoms with van der Waals surface area (Å²) in [4.78, 5) is 22.2. The summed E-state index contributed by atoms with van der Waals surface area (Å²) in [5.41, 5.74) is 5.06. The highest BCUT2D eigenvalue weighted by atomic mass is 16.7. The van der Waals surface area contributed by atoms with E-state index in [1.54, 1.807) is 0 Å². The van der Waals surface area contributed by atoms with E-state index in [2.05, 4.69) is 5.32 Å². The van der Waals surface area contributed by atoms with Crippen molar-refractivity contribution in [3.63, 3.8) is 0 Å². The minimum absolute atomic E-state index is 0.000231. The van der Waals surface area contributed by atoms with Crippen molar-refractivity contribution < 1.29 is 23.9 Å². The molecule has 0 bridgehead atoms. The fourth-order valence-corrected chi connectivity index (χ4v) is 1.71. The van der Waals surface area contributed by atoms with Crippen LogP contribution in [0.5, 0.6) is 11.5 Å². The third-order valence-electron chi connectivity index (χ3n) is 2.74. The molecule has 1 aliphatic heterocycles. The van der Waals surface area contributed by atoms with Crippen molar-refractivity contribution in [2.24, 2.45) is 5.73 Å². The third kappa shape index (κ3) is 2.63. The summed E-state index contributed by atoms with van der Waals surface area (Å²) >= 11 is 0. The van der Waals surface area contributed by atoms with Gasteiger partial charge in [-0.2, -0.15) is 0 Å². The highest BCUT2D eigenvalue weighted by Crippen LogP contribution is 2.40. The van der Waals surface area contributed by atoms with Gasteiger partial charge in [0.25, 0.3) is 11.6 Å². The summed E-state index contributed by atoms with van der Waals surface area (Å²) in [6.07, 6.45) is -0.889. The standard InChI is InChI=1S/C11H13N3O6/c1-18-10(4-12)11(15)13-6-2-8-9(20-5-19-8)3-7(6)14(16)17/h2-3,10H,4-5,12H2,1H3,(H,13,15). The largest absolute Gasteiger partial charge is 0.454 e. The number of nitrogens with two attached hydrogens (primary N) is 1. The van der Waals surface area contributed by atoms with Crippen molar-refractivity contribution in [1.29, 1.82) is 0 Å². The number of anilines is 1. The first-order valence-electron chi connectivity index (χ1n) is 5.68. The molecular formula is C11H13N3O6. The molecule has 0 fully saturated rings. The SMILES string of the molecule is COC(CN)C(=O)Nc1cc2c(cc1[N+](=O)[O-])OCO2. The van der Waals surface area contributed by atoms with Crippen LogP contribution in [0.2, 0.25) is 0 Å². The number of benzene rings is 1. The Morgan fingerprint density at radius 1 is 1.55 bits per heavy atom. The molecule has 0 aromatic heterocycles. The maximum Gasteiger partial charge on any atom is 0.296 e. The van der Waals surface area contributed by atoms with Crippen LogP contribution in [-0.4, -0.2) is 37.4 Å². The van der Waals surface area contributed by atoms with Gasteiger partial charge < -0.3 is 25.3 Å². The first kappa shape index (κ1) is 14.0. The molecule has 1 heterocycles. The number of rotatable bonds is 5. The molecule has 0 saturated heterocycles. The molecule has 2 rings (SSSR count). The summed E-state index contributed by atoms with van der Waals surface area (Å²) < 4.78 is 15.0. The van der Waals surface area contributed by atoms with Crippen LogP contribution in [0.4, 0.5) is 11.4 Å². The molecular weight excluding hydrogens is 270 g/mol. The van der Waals surface area contributed by atoms with Crippen LogP contribution in [0, 0.1) is 10.1 Å². The first-order chi connectivity index (χ1) is 9.56. The van der Waals surface area contributed by atoms with E-state index in [4.69, 9.17) is 19.9 Å². The second-order valence-corrected chi connectivity index (χ2v) is 3.93. The Hall–Kier alpha value is -2.39. The van der Waals surface area contributed by atoms with Crippen molar-refractivity contribution in [3.05, 3.63) is 22.2 Å². The van der Waals surface area contributed by atoms with Crippen molar-refractivity contribution in [3.8, 4) is 11.5 Å². The van der Waals surface area contributed by atoms with Gasteiger partial charge in [0.05, 0.1) is 11.0 Å². The number of carbonyl (C=O) groups excluding carboxylic acids is 1. The predicted molar refractivity (Wildman–Crippen MR) is 67.7 cm³/mol. The lowest BCUT2D eigenvalue weighted by atomic mass is 10.2. The number of nitro benzene ring substituents is 1. The lowest BCUT2D eigenvalue weighted by Crippen LogP contribution is -2.36. The molecule has 0 saturated carbocycles. The van der Waals surface area contributed by atoms with Crippen LogP contribution in [0.1, 0.15) is 0 Å². The quantitative estimate of drug-likeness (QED) is 0.585. The van der Waals surface area contributed by atoms with Crippen molar-refractivity contribution in [2.75, 3.05) is 25.8 Å². The van der Waals surface area contributed by atoms with Crippen LogP contribution < -0.4 is 20.5 Å². The molecule has 1 aromatic carbocycles. The van der Waals surface area contributed by atoms with Crippen LogP contribution >= 0.6 is 0 Å². The third-order valence-corrected chi connectivity index (χ3v) is 2.74. The lowest BCUT2D eigenvalue weighted by Gasteiger charge is -2.13. The summed E-state index contributed by atoms with van der Waals surface area (Å²) in [5, 5.41) is 13.4. The minimum atomic E-state index is -0.889. The van der Waals surface area contributed by atoms with Gasteiger partial charge in [-0.3, -0.25) is 14.9 Å². The Labute approximate surface area is 113 Å².